The van der Waals surface area contributed by atoms with Crippen molar-refractivity contribution in [2.24, 2.45) is 0 Å². The van der Waals surface area contributed by atoms with E-state index in [1.807, 2.05) is 0 Å². The van der Waals surface area contributed by atoms with Crippen molar-refractivity contribution in [1.82, 2.24) is 4.57 Å². The van der Waals surface area contributed by atoms with Crippen LogP contribution in [0, 0.1) is 0 Å². The molecule has 264 valence electrons. The lowest BCUT2D eigenvalue weighted by Gasteiger charge is -2.35. The molecule has 0 unspecified atom stereocenters. The second-order valence-electron chi connectivity index (χ2n) is 15.8. The van der Waals surface area contributed by atoms with Gasteiger partial charge in [0.1, 0.15) is 0 Å². The lowest BCUT2D eigenvalue weighted by atomic mass is 9.67. The first kappa shape index (κ1) is 33.0. The minimum absolute atomic E-state index is 0.00983. The van der Waals surface area contributed by atoms with Crippen molar-refractivity contribution in [1.29, 1.82) is 0 Å². The molecule has 0 fully saturated rings. The normalized spacial score (nSPS) is 13.1. The summed E-state index contributed by atoms with van der Waals surface area (Å²) in [7, 11) is 0. The van der Waals surface area contributed by atoms with E-state index in [0.717, 1.165) is 22.7 Å². The Labute approximate surface area is 323 Å². The third-order valence-electron chi connectivity index (χ3n) is 11.6. The van der Waals surface area contributed by atoms with Crippen LogP contribution in [0.5, 0.6) is 0 Å². The van der Waals surface area contributed by atoms with Gasteiger partial charge in [-0.05, 0) is 105 Å². The third-order valence-corrected chi connectivity index (χ3v) is 11.6. The average Bonchev–Trinajstić information content (AvgIpc) is 3.72. The van der Waals surface area contributed by atoms with Crippen molar-refractivity contribution in [3.05, 3.63) is 228 Å². The van der Waals surface area contributed by atoms with Gasteiger partial charge in [-0.2, -0.15) is 0 Å². The number of nitrogens with zero attached hydrogens (tertiary/aromatic N) is 2. The van der Waals surface area contributed by atoms with Gasteiger partial charge in [-0.15, -0.1) is 0 Å². The molecule has 0 atom stereocenters. The molecule has 1 aliphatic rings. The van der Waals surface area contributed by atoms with Gasteiger partial charge in [0.15, 0.2) is 0 Å². The van der Waals surface area contributed by atoms with Crippen LogP contribution in [0.4, 0.5) is 17.1 Å². The number of aromatic nitrogens is 1. The van der Waals surface area contributed by atoms with Gasteiger partial charge in [0.2, 0.25) is 0 Å². The summed E-state index contributed by atoms with van der Waals surface area (Å²) in [6.07, 6.45) is 0. The van der Waals surface area contributed by atoms with Gasteiger partial charge in [0.25, 0.3) is 0 Å². The van der Waals surface area contributed by atoms with Crippen molar-refractivity contribution < 1.29 is 0 Å². The second-order valence-corrected chi connectivity index (χ2v) is 15.8. The summed E-state index contributed by atoms with van der Waals surface area (Å²) in [5.74, 6) is 0. The van der Waals surface area contributed by atoms with Crippen molar-refractivity contribution in [3.8, 4) is 16.8 Å². The lowest BCUT2D eigenvalue weighted by Crippen LogP contribution is -2.28. The Bertz CT molecular complexity index is 2800. The zero-order chi connectivity index (χ0) is 37.1. The highest BCUT2D eigenvalue weighted by Crippen LogP contribution is 2.57. The molecule has 1 aliphatic carbocycles. The van der Waals surface area contributed by atoms with Crippen LogP contribution in [0.3, 0.4) is 0 Å². The molecule has 0 bridgehead atoms. The van der Waals surface area contributed by atoms with Crippen LogP contribution in [-0.4, -0.2) is 4.57 Å². The largest absolute Gasteiger partial charge is 0.310 e. The fourth-order valence-corrected chi connectivity index (χ4v) is 9.09. The van der Waals surface area contributed by atoms with Crippen LogP contribution in [0.15, 0.2) is 200 Å². The Morgan fingerprint density at radius 3 is 1.71 bits per heavy atom. The van der Waals surface area contributed by atoms with E-state index in [9.17, 15) is 0 Å². The molecule has 0 aliphatic heterocycles. The highest BCUT2D eigenvalue weighted by atomic mass is 15.1. The van der Waals surface area contributed by atoms with Crippen molar-refractivity contribution in [3.63, 3.8) is 0 Å². The van der Waals surface area contributed by atoms with Crippen LogP contribution >= 0.6 is 0 Å². The first-order chi connectivity index (χ1) is 26.9. The number of anilines is 3. The number of benzene rings is 8. The van der Waals surface area contributed by atoms with E-state index in [0.29, 0.717) is 0 Å². The monoisotopic (exact) mass is 706 g/mol. The summed E-state index contributed by atoms with van der Waals surface area (Å²) in [4.78, 5) is 2.47. The molecule has 1 heterocycles. The predicted octanol–water partition coefficient (Wildman–Crippen LogP) is 13.9. The van der Waals surface area contributed by atoms with Gasteiger partial charge in [-0.1, -0.05) is 160 Å². The van der Waals surface area contributed by atoms with Gasteiger partial charge in [0, 0.05) is 33.5 Å². The average molecular weight is 707 g/mol. The Balaban J connectivity index is 1.26. The number of hydrogen-bond donors (Lipinski definition) is 0. The summed E-state index contributed by atoms with van der Waals surface area (Å²) in [6, 6.07) is 73.9. The molecule has 2 nitrogen and oxygen atoms in total. The van der Waals surface area contributed by atoms with E-state index in [1.165, 1.54) is 60.8 Å². The standard InChI is InChI=1S/C53H42N2/c1-52(2,3)39-22-17-25-41(34-39)54(42-31-33-51-47(35-42)46-27-14-16-29-50(46)55(51)40-23-11-6-12-24-40)43-30-32-45-44-26-13-15-28-48(44)53(49(45)36-43,37-18-7-4-8-19-37)38-20-9-5-10-21-38/h4-36H,1-3H3. The summed E-state index contributed by atoms with van der Waals surface area (Å²) >= 11 is 0. The highest BCUT2D eigenvalue weighted by molar-refractivity contribution is 6.10. The molecule has 0 saturated heterocycles. The minimum Gasteiger partial charge on any atom is -0.310 e. The fourth-order valence-electron chi connectivity index (χ4n) is 9.09. The molecule has 8 aromatic carbocycles. The molecule has 1 aromatic heterocycles. The second kappa shape index (κ2) is 12.7. The maximum atomic E-state index is 2.47. The number of rotatable bonds is 6. The molecule has 0 N–H and O–H groups in total. The maximum Gasteiger partial charge on any atom is 0.0714 e. The van der Waals surface area contributed by atoms with Crippen molar-refractivity contribution in [2.45, 2.75) is 31.6 Å². The summed E-state index contributed by atoms with van der Waals surface area (Å²) in [5, 5.41) is 2.47. The first-order valence-electron chi connectivity index (χ1n) is 19.3. The van der Waals surface area contributed by atoms with Crippen molar-refractivity contribution >= 4 is 38.9 Å². The Morgan fingerprint density at radius 2 is 0.982 bits per heavy atom. The first-order valence-corrected chi connectivity index (χ1v) is 19.3. The SMILES string of the molecule is CC(C)(C)c1cccc(N(c2ccc3c(c2)C(c2ccccc2)(c2ccccc2)c2ccccc2-3)c2ccc3c(c2)c2ccccc2n3-c2ccccc2)c1. The molecular weight excluding hydrogens is 665 g/mol. The lowest BCUT2D eigenvalue weighted by molar-refractivity contribution is 0.590. The molecular formula is C53H42N2. The van der Waals surface area contributed by atoms with Gasteiger partial charge in [0.05, 0.1) is 16.4 Å². The topological polar surface area (TPSA) is 8.17 Å². The van der Waals surface area contributed by atoms with Crippen LogP contribution in [0.25, 0.3) is 38.6 Å². The number of hydrogen-bond acceptors (Lipinski definition) is 1. The van der Waals surface area contributed by atoms with Gasteiger partial charge in [-0.25, -0.2) is 0 Å². The summed E-state index contributed by atoms with van der Waals surface area (Å²) in [6.45, 7) is 6.88. The Hall–Kier alpha value is -6.64. The van der Waals surface area contributed by atoms with Crippen LogP contribution in [0.2, 0.25) is 0 Å². The van der Waals surface area contributed by atoms with E-state index in [4.69, 9.17) is 0 Å². The van der Waals surface area contributed by atoms with Crippen LogP contribution in [-0.2, 0) is 10.8 Å². The zero-order valence-electron chi connectivity index (χ0n) is 31.4. The molecule has 55 heavy (non-hydrogen) atoms. The van der Waals surface area contributed by atoms with Crippen LogP contribution < -0.4 is 4.90 Å². The fraction of sp³-hybridized carbons (Fsp3) is 0.0943. The number of para-hydroxylation sites is 2. The van der Waals surface area contributed by atoms with Gasteiger partial charge in [-0.3, -0.25) is 0 Å². The van der Waals surface area contributed by atoms with Gasteiger partial charge >= 0.3 is 0 Å². The van der Waals surface area contributed by atoms with E-state index >= 15 is 0 Å². The van der Waals surface area contributed by atoms with E-state index < -0.39 is 5.41 Å². The molecule has 0 saturated carbocycles. The number of fused-ring (bicyclic) bond motifs is 6. The molecule has 0 radical (unpaired) electrons. The molecule has 10 rings (SSSR count). The Kier molecular flexibility index (Phi) is 7.64. The zero-order valence-corrected chi connectivity index (χ0v) is 31.4. The van der Waals surface area contributed by atoms with Crippen LogP contribution in [0.1, 0.15) is 48.6 Å². The minimum atomic E-state index is -0.490. The quantitative estimate of drug-likeness (QED) is 0.167. The Morgan fingerprint density at radius 1 is 0.418 bits per heavy atom. The van der Waals surface area contributed by atoms with Gasteiger partial charge < -0.3 is 9.47 Å². The summed E-state index contributed by atoms with van der Waals surface area (Å²) in [5.41, 5.74) is 15.4. The summed E-state index contributed by atoms with van der Waals surface area (Å²) < 4.78 is 2.39. The molecule has 2 heteroatoms. The van der Waals surface area contributed by atoms with E-state index in [1.54, 1.807) is 0 Å². The van der Waals surface area contributed by atoms with E-state index in [-0.39, 0.29) is 5.41 Å². The third kappa shape index (κ3) is 5.16. The predicted molar refractivity (Wildman–Crippen MR) is 231 cm³/mol. The maximum absolute atomic E-state index is 2.47. The molecule has 0 spiro atoms. The molecule has 9 aromatic rings. The molecule has 0 amide bonds. The highest BCUT2D eigenvalue weighted by Gasteiger charge is 2.46. The smallest absolute Gasteiger partial charge is 0.0714 e. The van der Waals surface area contributed by atoms with Crippen molar-refractivity contribution in [2.75, 3.05) is 4.90 Å². The van der Waals surface area contributed by atoms with E-state index in [2.05, 4.69) is 230 Å².